The van der Waals surface area contributed by atoms with Crippen molar-refractivity contribution in [2.45, 2.75) is 19.8 Å². The number of nitrogens with two attached hydrogens (primary N) is 1. The van der Waals surface area contributed by atoms with Crippen LogP contribution in [0.25, 0.3) is 0 Å². The van der Waals surface area contributed by atoms with Gasteiger partial charge in [0.15, 0.2) is 0 Å². The molecule has 1 amide bonds. The highest BCUT2D eigenvalue weighted by Gasteiger charge is 2.08. The summed E-state index contributed by atoms with van der Waals surface area (Å²) >= 11 is 0. The Morgan fingerprint density at radius 3 is 2.74 bits per heavy atom. The van der Waals surface area contributed by atoms with E-state index < -0.39 is 0 Å². The molecule has 5 nitrogen and oxygen atoms in total. The van der Waals surface area contributed by atoms with Gasteiger partial charge < -0.3 is 11.1 Å². The minimum absolute atomic E-state index is 0.147. The summed E-state index contributed by atoms with van der Waals surface area (Å²) in [5, 5.41) is 9.64. The smallest absolute Gasteiger partial charge is 0.271 e. The molecule has 0 aliphatic carbocycles. The van der Waals surface area contributed by atoms with Crippen molar-refractivity contribution in [2.24, 2.45) is 0 Å². The summed E-state index contributed by atoms with van der Waals surface area (Å²) in [6, 6.07) is 9.42. The zero-order valence-corrected chi connectivity index (χ0v) is 10.9. The lowest BCUT2D eigenvalue weighted by Crippen LogP contribution is -2.26. The number of anilines is 1. The van der Waals surface area contributed by atoms with Crippen LogP contribution >= 0.6 is 0 Å². The van der Waals surface area contributed by atoms with Gasteiger partial charge in [0.05, 0.1) is 0 Å². The maximum Gasteiger partial charge on any atom is 0.271 e. The second kappa shape index (κ2) is 6.04. The molecule has 0 saturated heterocycles. The monoisotopic (exact) mass is 258 g/mol. The predicted octanol–water partition coefficient (Wildman–Crippen LogP) is 1.53. The number of aromatic nitrogens is 2. The zero-order valence-electron chi connectivity index (χ0n) is 10.9. The SMILES string of the molecule is CCc1cc(C(=O)NCCc2ccc(N)cc2)n[nH]1. The number of nitrogen functional groups attached to an aromatic ring is 1. The predicted molar refractivity (Wildman–Crippen MR) is 74.9 cm³/mol. The van der Waals surface area contributed by atoms with E-state index in [1.807, 2.05) is 31.2 Å². The van der Waals surface area contributed by atoms with Crippen LogP contribution in [-0.2, 0) is 12.8 Å². The van der Waals surface area contributed by atoms with E-state index in [9.17, 15) is 4.79 Å². The van der Waals surface area contributed by atoms with Gasteiger partial charge in [0.25, 0.3) is 5.91 Å². The molecule has 1 aromatic heterocycles. The third-order valence-electron chi connectivity index (χ3n) is 2.92. The van der Waals surface area contributed by atoms with Gasteiger partial charge in [-0.3, -0.25) is 9.89 Å². The maximum atomic E-state index is 11.8. The molecule has 0 aliphatic heterocycles. The molecule has 0 fully saturated rings. The molecule has 2 rings (SSSR count). The molecule has 0 unspecified atom stereocenters. The van der Waals surface area contributed by atoms with Crippen molar-refractivity contribution in [3.63, 3.8) is 0 Å². The lowest BCUT2D eigenvalue weighted by atomic mass is 10.1. The van der Waals surface area contributed by atoms with Gasteiger partial charge in [0.2, 0.25) is 0 Å². The van der Waals surface area contributed by atoms with Crippen molar-refractivity contribution in [3.8, 4) is 0 Å². The molecule has 0 spiro atoms. The highest BCUT2D eigenvalue weighted by atomic mass is 16.1. The Labute approximate surface area is 112 Å². The Bertz CT molecular complexity index is 545. The molecule has 0 atom stereocenters. The quantitative estimate of drug-likeness (QED) is 0.711. The van der Waals surface area contributed by atoms with E-state index in [4.69, 9.17) is 5.73 Å². The first-order valence-corrected chi connectivity index (χ1v) is 6.36. The Balaban J connectivity index is 1.82. The van der Waals surface area contributed by atoms with Crippen molar-refractivity contribution in [1.82, 2.24) is 15.5 Å². The number of H-pyrrole nitrogens is 1. The summed E-state index contributed by atoms with van der Waals surface area (Å²) in [6.07, 6.45) is 1.61. The van der Waals surface area contributed by atoms with Crippen LogP contribution in [0.5, 0.6) is 0 Å². The molecule has 100 valence electrons. The summed E-state index contributed by atoms with van der Waals surface area (Å²) in [5.41, 5.74) is 8.91. The maximum absolute atomic E-state index is 11.8. The van der Waals surface area contributed by atoms with E-state index in [0.717, 1.165) is 29.8 Å². The molecular weight excluding hydrogens is 240 g/mol. The first-order chi connectivity index (χ1) is 9.19. The van der Waals surface area contributed by atoms with Crippen molar-refractivity contribution in [2.75, 3.05) is 12.3 Å². The van der Waals surface area contributed by atoms with Crippen molar-refractivity contribution in [3.05, 3.63) is 47.3 Å². The van der Waals surface area contributed by atoms with Crippen molar-refractivity contribution in [1.29, 1.82) is 0 Å². The number of hydrogen-bond acceptors (Lipinski definition) is 3. The van der Waals surface area contributed by atoms with Gasteiger partial charge in [0.1, 0.15) is 5.69 Å². The first kappa shape index (κ1) is 13.1. The number of amides is 1. The van der Waals surface area contributed by atoms with Crippen molar-refractivity contribution < 1.29 is 4.79 Å². The number of nitrogens with one attached hydrogen (secondary N) is 2. The second-order valence-electron chi connectivity index (χ2n) is 4.38. The van der Waals surface area contributed by atoms with E-state index in [-0.39, 0.29) is 5.91 Å². The normalized spacial score (nSPS) is 10.4. The number of carbonyl (C=O) groups is 1. The summed E-state index contributed by atoms with van der Waals surface area (Å²) in [6.45, 7) is 2.59. The molecule has 19 heavy (non-hydrogen) atoms. The summed E-state index contributed by atoms with van der Waals surface area (Å²) in [7, 11) is 0. The minimum Gasteiger partial charge on any atom is -0.399 e. The van der Waals surface area contributed by atoms with Crippen LogP contribution in [0.15, 0.2) is 30.3 Å². The standard InChI is InChI=1S/C14H18N4O/c1-2-12-9-13(18-17-12)14(19)16-8-7-10-3-5-11(15)6-4-10/h3-6,9H,2,7-8,15H2,1H3,(H,16,19)(H,17,18). The molecule has 0 bridgehead atoms. The minimum atomic E-state index is -0.147. The molecule has 0 saturated carbocycles. The van der Waals surface area contributed by atoms with E-state index in [1.165, 1.54) is 0 Å². The van der Waals surface area contributed by atoms with E-state index >= 15 is 0 Å². The van der Waals surface area contributed by atoms with Crippen LogP contribution in [-0.4, -0.2) is 22.6 Å². The number of aromatic amines is 1. The molecule has 1 heterocycles. The van der Waals surface area contributed by atoms with Crippen LogP contribution in [0.4, 0.5) is 5.69 Å². The van der Waals surface area contributed by atoms with E-state index in [0.29, 0.717) is 12.2 Å². The van der Waals surface area contributed by atoms with Gasteiger partial charge in [-0.1, -0.05) is 19.1 Å². The number of nitrogens with zero attached hydrogens (tertiary/aromatic N) is 1. The molecule has 0 radical (unpaired) electrons. The number of aryl methyl sites for hydroxylation is 1. The summed E-state index contributed by atoms with van der Waals surface area (Å²) in [4.78, 5) is 11.8. The summed E-state index contributed by atoms with van der Waals surface area (Å²) < 4.78 is 0. The first-order valence-electron chi connectivity index (χ1n) is 6.36. The van der Waals surface area contributed by atoms with Gasteiger partial charge in [0, 0.05) is 17.9 Å². The molecule has 4 N–H and O–H groups in total. The largest absolute Gasteiger partial charge is 0.399 e. The van der Waals surface area contributed by atoms with Gasteiger partial charge in [-0.25, -0.2) is 0 Å². The summed E-state index contributed by atoms with van der Waals surface area (Å²) in [5.74, 6) is -0.147. The lowest BCUT2D eigenvalue weighted by molar-refractivity contribution is 0.0949. The number of benzene rings is 1. The fourth-order valence-electron chi connectivity index (χ4n) is 1.75. The fourth-order valence-corrected chi connectivity index (χ4v) is 1.75. The average Bonchev–Trinajstić information content (AvgIpc) is 2.90. The highest BCUT2D eigenvalue weighted by molar-refractivity contribution is 5.92. The Morgan fingerprint density at radius 2 is 2.11 bits per heavy atom. The molecule has 1 aromatic carbocycles. The average molecular weight is 258 g/mol. The molecular formula is C14H18N4O. The third kappa shape index (κ3) is 3.58. The van der Waals surface area contributed by atoms with Crippen molar-refractivity contribution >= 4 is 11.6 Å². The topological polar surface area (TPSA) is 83.8 Å². The van der Waals surface area contributed by atoms with Crippen LogP contribution in [0.2, 0.25) is 0 Å². The number of carbonyl (C=O) groups excluding carboxylic acids is 1. The highest BCUT2D eigenvalue weighted by Crippen LogP contribution is 2.05. The molecule has 2 aromatic rings. The van der Waals surface area contributed by atoms with E-state index in [1.54, 1.807) is 6.07 Å². The van der Waals surface area contributed by atoms with Gasteiger partial charge >= 0.3 is 0 Å². The van der Waals surface area contributed by atoms with Gasteiger partial charge in [-0.15, -0.1) is 0 Å². The number of rotatable bonds is 5. The second-order valence-corrected chi connectivity index (χ2v) is 4.38. The van der Waals surface area contributed by atoms with Crippen LogP contribution in [0, 0.1) is 0 Å². The lowest BCUT2D eigenvalue weighted by Gasteiger charge is -2.03. The Kier molecular flexibility index (Phi) is 4.18. The van der Waals surface area contributed by atoms with Crippen LogP contribution in [0.1, 0.15) is 28.7 Å². The molecule has 0 aliphatic rings. The zero-order chi connectivity index (χ0) is 13.7. The Morgan fingerprint density at radius 1 is 1.37 bits per heavy atom. The Hall–Kier alpha value is -2.30. The molecule has 5 heteroatoms. The number of hydrogen-bond donors (Lipinski definition) is 3. The van der Waals surface area contributed by atoms with E-state index in [2.05, 4.69) is 15.5 Å². The van der Waals surface area contributed by atoms with Gasteiger partial charge in [-0.05, 0) is 36.6 Å². The van der Waals surface area contributed by atoms with Gasteiger partial charge in [-0.2, -0.15) is 5.10 Å². The van der Waals surface area contributed by atoms with Crippen LogP contribution < -0.4 is 11.1 Å². The fraction of sp³-hybridized carbons (Fsp3) is 0.286. The third-order valence-corrected chi connectivity index (χ3v) is 2.92. The van der Waals surface area contributed by atoms with Crippen LogP contribution in [0.3, 0.4) is 0 Å².